The molecule has 1 aromatic rings. The third-order valence-corrected chi connectivity index (χ3v) is 1.41. The van der Waals surface area contributed by atoms with Crippen molar-refractivity contribution in [2.45, 2.75) is 20.4 Å². The quantitative estimate of drug-likeness (QED) is 0.667. The molecule has 0 fully saturated rings. The Morgan fingerprint density at radius 1 is 1.73 bits per heavy atom. The number of aryl methyl sites for hydroxylation is 2. The van der Waals surface area contributed by atoms with Crippen LogP contribution in [0, 0.1) is 6.92 Å². The number of aromatic nitrogens is 3. The van der Waals surface area contributed by atoms with Gasteiger partial charge < -0.3 is 5.11 Å². The Morgan fingerprint density at radius 2 is 2.36 bits per heavy atom. The Morgan fingerprint density at radius 3 is 2.73 bits per heavy atom. The lowest BCUT2D eigenvalue weighted by Crippen LogP contribution is -2.09. The molecule has 1 aromatic heterocycles. The number of rotatable bonds is 2. The molecule has 1 N–H and O–H groups in total. The Kier molecular flexibility index (Phi) is 1.89. The largest absolute Gasteiger partial charge is 0.476 e. The Balaban J connectivity index is 3.17. The first kappa shape index (κ1) is 7.71. The number of hydrogen-bond donors (Lipinski definition) is 1. The van der Waals surface area contributed by atoms with Gasteiger partial charge in [0.05, 0.1) is 5.69 Å². The molecule has 0 aliphatic rings. The van der Waals surface area contributed by atoms with Gasteiger partial charge in [-0.25, -0.2) is 9.48 Å². The number of carbonyl (C=O) groups is 1. The maximum absolute atomic E-state index is 10.6. The standard InChI is InChI=1S/C6H9N3O2/c1-3-9-5(6(10)11)4(2)7-8-9/h3H2,1-2H3,(H,10,11). The Labute approximate surface area is 63.6 Å². The highest BCUT2D eigenvalue weighted by molar-refractivity contribution is 5.86. The summed E-state index contributed by atoms with van der Waals surface area (Å²) in [6, 6.07) is 0. The molecule has 0 aliphatic carbocycles. The highest BCUT2D eigenvalue weighted by atomic mass is 16.4. The number of nitrogens with zero attached hydrogens (tertiary/aromatic N) is 3. The van der Waals surface area contributed by atoms with Gasteiger partial charge in [-0.05, 0) is 13.8 Å². The van der Waals surface area contributed by atoms with Crippen molar-refractivity contribution in [1.29, 1.82) is 0 Å². The average Bonchev–Trinajstić information content (AvgIpc) is 2.30. The van der Waals surface area contributed by atoms with Crippen LogP contribution < -0.4 is 0 Å². The van der Waals surface area contributed by atoms with Crippen molar-refractivity contribution in [3.63, 3.8) is 0 Å². The van der Waals surface area contributed by atoms with E-state index in [4.69, 9.17) is 5.11 Å². The van der Waals surface area contributed by atoms with Crippen molar-refractivity contribution >= 4 is 5.97 Å². The summed E-state index contributed by atoms with van der Waals surface area (Å²) in [5.41, 5.74) is 0.631. The second-order valence-electron chi connectivity index (χ2n) is 2.14. The molecule has 11 heavy (non-hydrogen) atoms. The van der Waals surface area contributed by atoms with E-state index in [0.29, 0.717) is 12.2 Å². The van der Waals surface area contributed by atoms with Crippen molar-refractivity contribution in [1.82, 2.24) is 15.0 Å². The SMILES string of the molecule is CCn1nnc(C)c1C(=O)O. The second-order valence-corrected chi connectivity index (χ2v) is 2.14. The summed E-state index contributed by atoms with van der Waals surface area (Å²) in [6.07, 6.45) is 0. The molecule has 0 spiro atoms. The third kappa shape index (κ3) is 1.21. The lowest BCUT2D eigenvalue weighted by Gasteiger charge is -1.96. The fourth-order valence-electron chi connectivity index (χ4n) is 0.886. The predicted octanol–water partition coefficient (Wildman–Crippen LogP) is 0.305. The zero-order valence-corrected chi connectivity index (χ0v) is 6.40. The molecule has 5 nitrogen and oxygen atoms in total. The molecule has 1 rings (SSSR count). The van der Waals surface area contributed by atoms with E-state index in [1.165, 1.54) is 4.68 Å². The minimum absolute atomic E-state index is 0.174. The van der Waals surface area contributed by atoms with Crippen LogP contribution in [0.15, 0.2) is 0 Å². The number of hydrogen-bond acceptors (Lipinski definition) is 3. The highest BCUT2D eigenvalue weighted by Gasteiger charge is 2.14. The van der Waals surface area contributed by atoms with Crippen LogP contribution in [-0.2, 0) is 6.54 Å². The molecule has 0 saturated heterocycles. The molecule has 0 amide bonds. The van der Waals surface area contributed by atoms with Gasteiger partial charge in [0.15, 0.2) is 5.69 Å². The van der Waals surface area contributed by atoms with Gasteiger partial charge in [-0.15, -0.1) is 5.10 Å². The van der Waals surface area contributed by atoms with Crippen LogP contribution in [-0.4, -0.2) is 26.1 Å². The molecule has 0 saturated carbocycles. The van der Waals surface area contributed by atoms with Gasteiger partial charge in [-0.3, -0.25) is 0 Å². The van der Waals surface area contributed by atoms with Gasteiger partial charge in [0.25, 0.3) is 0 Å². The van der Waals surface area contributed by atoms with E-state index in [-0.39, 0.29) is 5.69 Å². The molecular formula is C6H9N3O2. The van der Waals surface area contributed by atoms with E-state index in [9.17, 15) is 4.79 Å². The van der Waals surface area contributed by atoms with Crippen molar-refractivity contribution in [2.75, 3.05) is 0 Å². The van der Waals surface area contributed by atoms with Crippen LogP contribution in [0.2, 0.25) is 0 Å². The van der Waals surface area contributed by atoms with E-state index in [1.54, 1.807) is 6.92 Å². The summed E-state index contributed by atoms with van der Waals surface area (Å²) in [7, 11) is 0. The number of carboxylic acids is 1. The average molecular weight is 155 g/mol. The van der Waals surface area contributed by atoms with Crippen molar-refractivity contribution in [2.24, 2.45) is 0 Å². The zero-order chi connectivity index (χ0) is 8.43. The molecule has 0 unspecified atom stereocenters. The topological polar surface area (TPSA) is 68.0 Å². The summed E-state index contributed by atoms with van der Waals surface area (Å²) in [6.45, 7) is 3.98. The van der Waals surface area contributed by atoms with E-state index >= 15 is 0 Å². The fraction of sp³-hybridized carbons (Fsp3) is 0.500. The van der Waals surface area contributed by atoms with Crippen LogP contribution in [0.4, 0.5) is 0 Å². The maximum Gasteiger partial charge on any atom is 0.356 e. The first-order valence-electron chi connectivity index (χ1n) is 3.30. The minimum atomic E-state index is -0.977. The minimum Gasteiger partial charge on any atom is -0.476 e. The molecule has 1 heterocycles. The van der Waals surface area contributed by atoms with Crippen molar-refractivity contribution in [3.05, 3.63) is 11.4 Å². The van der Waals surface area contributed by atoms with Gasteiger partial charge in [0.1, 0.15) is 0 Å². The molecule has 5 heteroatoms. The van der Waals surface area contributed by atoms with Gasteiger partial charge in [-0.2, -0.15) is 0 Å². The van der Waals surface area contributed by atoms with Gasteiger partial charge >= 0.3 is 5.97 Å². The Bertz CT molecular complexity index is 279. The first-order chi connectivity index (χ1) is 5.16. The number of carboxylic acid groups (broad SMARTS) is 1. The molecule has 60 valence electrons. The zero-order valence-electron chi connectivity index (χ0n) is 6.40. The highest BCUT2D eigenvalue weighted by Crippen LogP contribution is 2.02. The number of aromatic carboxylic acids is 1. The second kappa shape index (κ2) is 2.69. The van der Waals surface area contributed by atoms with E-state index in [1.807, 2.05) is 6.92 Å². The molecular weight excluding hydrogens is 146 g/mol. The van der Waals surface area contributed by atoms with Crippen LogP contribution in [0.5, 0.6) is 0 Å². The normalized spacial score (nSPS) is 10.0. The lowest BCUT2D eigenvalue weighted by molar-refractivity contribution is 0.0682. The van der Waals surface area contributed by atoms with Crippen LogP contribution in [0.1, 0.15) is 23.1 Å². The molecule has 0 aliphatic heterocycles. The summed E-state index contributed by atoms with van der Waals surface area (Å²) < 4.78 is 1.36. The molecule has 0 atom stereocenters. The van der Waals surface area contributed by atoms with Crippen molar-refractivity contribution in [3.8, 4) is 0 Å². The van der Waals surface area contributed by atoms with Crippen LogP contribution in [0.25, 0.3) is 0 Å². The van der Waals surface area contributed by atoms with Gasteiger partial charge in [0.2, 0.25) is 0 Å². The van der Waals surface area contributed by atoms with Crippen LogP contribution in [0.3, 0.4) is 0 Å². The summed E-state index contributed by atoms with van der Waals surface area (Å²) in [4.78, 5) is 10.6. The van der Waals surface area contributed by atoms with E-state index in [2.05, 4.69) is 10.3 Å². The van der Waals surface area contributed by atoms with Crippen LogP contribution >= 0.6 is 0 Å². The van der Waals surface area contributed by atoms with Crippen molar-refractivity contribution < 1.29 is 9.90 Å². The van der Waals surface area contributed by atoms with E-state index < -0.39 is 5.97 Å². The Hall–Kier alpha value is -1.39. The predicted molar refractivity (Wildman–Crippen MR) is 37.4 cm³/mol. The molecule has 0 aromatic carbocycles. The van der Waals surface area contributed by atoms with Gasteiger partial charge in [0, 0.05) is 6.54 Å². The summed E-state index contributed by atoms with van der Waals surface area (Å²) in [5, 5.41) is 15.9. The third-order valence-electron chi connectivity index (χ3n) is 1.41. The molecule has 0 radical (unpaired) electrons. The smallest absolute Gasteiger partial charge is 0.356 e. The van der Waals surface area contributed by atoms with Gasteiger partial charge in [-0.1, -0.05) is 5.21 Å². The maximum atomic E-state index is 10.6. The fourth-order valence-corrected chi connectivity index (χ4v) is 0.886. The lowest BCUT2D eigenvalue weighted by atomic mass is 10.3. The summed E-state index contributed by atoms with van der Waals surface area (Å²) >= 11 is 0. The monoisotopic (exact) mass is 155 g/mol. The van der Waals surface area contributed by atoms with E-state index in [0.717, 1.165) is 0 Å². The molecule has 0 bridgehead atoms. The summed E-state index contributed by atoms with van der Waals surface area (Å²) in [5.74, 6) is -0.977. The first-order valence-corrected chi connectivity index (χ1v) is 3.30.